The Morgan fingerprint density at radius 1 is 0.971 bits per heavy atom. The molecule has 2 amide bonds. The van der Waals surface area contributed by atoms with Gasteiger partial charge in [-0.25, -0.2) is 9.78 Å². The summed E-state index contributed by atoms with van der Waals surface area (Å²) in [6, 6.07) is 9.66. The zero-order valence-corrected chi connectivity index (χ0v) is 19.5. The zero-order valence-electron chi connectivity index (χ0n) is 19.5. The van der Waals surface area contributed by atoms with Gasteiger partial charge in [0.05, 0.1) is 11.1 Å². The van der Waals surface area contributed by atoms with Crippen molar-refractivity contribution in [1.82, 2.24) is 15.6 Å². The first kappa shape index (κ1) is 24.0. The molecule has 2 fully saturated rings. The fourth-order valence-electron chi connectivity index (χ4n) is 5.25. The first-order chi connectivity index (χ1) is 16.5. The van der Waals surface area contributed by atoms with E-state index in [0.717, 1.165) is 74.6 Å². The highest BCUT2D eigenvalue weighted by molar-refractivity contribution is 6.07. The number of aromatic nitrogens is 1. The largest absolute Gasteiger partial charge is 0.465 e. The van der Waals surface area contributed by atoms with Crippen LogP contribution in [0.25, 0.3) is 10.9 Å². The number of rotatable bonds is 8. The molecule has 1 saturated heterocycles. The molecule has 8 nitrogen and oxygen atoms in total. The molecule has 2 aromatic rings. The van der Waals surface area contributed by atoms with Gasteiger partial charge in [-0.2, -0.15) is 0 Å². The number of carbonyl (C=O) groups excluding carboxylic acids is 2. The van der Waals surface area contributed by atoms with E-state index in [0.29, 0.717) is 42.8 Å². The predicted molar refractivity (Wildman–Crippen MR) is 131 cm³/mol. The third-order valence-electron chi connectivity index (χ3n) is 7.37. The number of benzene rings is 1. The van der Waals surface area contributed by atoms with Crippen LogP contribution in [0.5, 0.6) is 0 Å². The number of piperidine rings is 1. The van der Waals surface area contributed by atoms with Gasteiger partial charge < -0.3 is 25.4 Å². The summed E-state index contributed by atoms with van der Waals surface area (Å²) < 4.78 is 0. The maximum atomic E-state index is 13.2. The number of pyridine rings is 1. The summed E-state index contributed by atoms with van der Waals surface area (Å²) in [6.45, 7) is 2.81. The van der Waals surface area contributed by atoms with Crippen LogP contribution in [-0.4, -0.2) is 54.6 Å². The standard InChI is InChI=1S/C26H34N4O4/c31-14-11-18-9-12-30(13-10-18)24-15-22(21-3-1-2-4-23(21)29-24)25(32)27-16-19-5-7-20(8-6-19)17-28-26(33)34/h1-4,14-15,18-20,28H,5-13,16-17H2,(H,27,32)(H,33,34)/t19-,20-. The molecule has 0 bridgehead atoms. The van der Waals surface area contributed by atoms with E-state index in [-0.39, 0.29) is 5.91 Å². The van der Waals surface area contributed by atoms with Crippen LogP contribution in [0, 0.1) is 17.8 Å². The van der Waals surface area contributed by atoms with Gasteiger partial charge in [-0.1, -0.05) is 18.2 Å². The smallest absolute Gasteiger partial charge is 0.404 e. The minimum Gasteiger partial charge on any atom is -0.465 e. The highest BCUT2D eigenvalue weighted by Gasteiger charge is 2.24. The van der Waals surface area contributed by atoms with Gasteiger partial charge in [-0.3, -0.25) is 4.79 Å². The first-order valence-electron chi connectivity index (χ1n) is 12.4. The molecule has 8 heteroatoms. The fraction of sp³-hybridized carbons (Fsp3) is 0.538. The van der Waals surface area contributed by atoms with E-state index in [1.54, 1.807) is 0 Å². The van der Waals surface area contributed by atoms with E-state index >= 15 is 0 Å². The average Bonchev–Trinajstić information content (AvgIpc) is 2.86. The van der Waals surface area contributed by atoms with Crippen LogP contribution in [-0.2, 0) is 4.79 Å². The van der Waals surface area contributed by atoms with Crippen LogP contribution in [0.2, 0.25) is 0 Å². The number of para-hydroxylation sites is 1. The Balaban J connectivity index is 1.39. The van der Waals surface area contributed by atoms with Crippen molar-refractivity contribution in [3.05, 3.63) is 35.9 Å². The predicted octanol–water partition coefficient (Wildman–Crippen LogP) is 3.84. The minimum absolute atomic E-state index is 0.0784. The molecule has 0 radical (unpaired) electrons. The molecule has 182 valence electrons. The zero-order chi connectivity index (χ0) is 23.9. The number of nitrogens with zero attached hydrogens (tertiary/aromatic N) is 2. The molecule has 1 aliphatic carbocycles. The van der Waals surface area contributed by atoms with Crippen molar-refractivity contribution in [2.75, 3.05) is 31.1 Å². The number of amides is 2. The van der Waals surface area contributed by atoms with E-state index in [2.05, 4.69) is 15.5 Å². The molecule has 0 spiro atoms. The second kappa shape index (κ2) is 11.3. The summed E-state index contributed by atoms with van der Waals surface area (Å²) in [5, 5.41) is 15.3. The molecule has 2 aliphatic rings. The Bertz CT molecular complexity index is 1010. The molecular weight excluding hydrogens is 432 g/mol. The minimum atomic E-state index is -0.969. The van der Waals surface area contributed by atoms with Crippen LogP contribution in [0.15, 0.2) is 30.3 Å². The number of carboxylic acid groups (broad SMARTS) is 1. The van der Waals surface area contributed by atoms with Gasteiger partial charge in [0.15, 0.2) is 0 Å². The number of fused-ring (bicyclic) bond motifs is 1. The Labute approximate surface area is 200 Å². The third kappa shape index (κ3) is 6.04. The summed E-state index contributed by atoms with van der Waals surface area (Å²) in [5.74, 6) is 1.97. The second-order valence-corrected chi connectivity index (χ2v) is 9.66. The third-order valence-corrected chi connectivity index (χ3v) is 7.37. The van der Waals surface area contributed by atoms with Gasteiger partial charge in [0.2, 0.25) is 0 Å². The second-order valence-electron chi connectivity index (χ2n) is 9.66. The number of anilines is 1. The summed E-state index contributed by atoms with van der Waals surface area (Å²) >= 11 is 0. The van der Waals surface area contributed by atoms with Gasteiger partial charge in [0, 0.05) is 38.0 Å². The Morgan fingerprint density at radius 3 is 2.26 bits per heavy atom. The molecule has 3 N–H and O–H groups in total. The highest BCUT2D eigenvalue weighted by atomic mass is 16.4. The molecule has 1 aliphatic heterocycles. The number of hydrogen-bond acceptors (Lipinski definition) is 5. The number of hydrogen-bond donors (Lipinski definition) is 3. The molecule has 0 unspecified atom stereocenters. The van der Waals surface area contributed by atoms with Crippen molar-refractivity contribution >= 4 is 35.0 Å². The Kier molecular flexibility index (Phi) is 7.98. The highest BCUT2D eigenvalue weighted by Crippen LogP contribution is 2.29. The van der Waals surface area contributed by atoms with E-state index in [4.69, 9.17) is 10.1 Å². The first-order valence-corrected chi connectivity index (χ1v) is 12.4. The van der Waals surface area contributed by atoms with Crippen molar-refractivity contribution in [1.29, 1.82) is 0 Å². The number of carbonyl (C=O) groups is 3. The number of aldehydes is 1. The molecular formula is C26H34N4O4. The molecule has 1 aromatic heterocycles. The summed E-state index contributed by atoms with van der Waals surface area (Å²) in [6.07, 6.45) is 6.50. The van der Waals surface area contributed by atoms with E-state index in [9.17, 15) is 14.4 Å². The summed E-state index contributed by atoms with van der Waals surface area (Å²) in [5.41, 5.74) is 1.46. The number of nitrogens with one attached hydrogen (secondary N) is 2. The van der Waals surface area contributed by atoms with Crippen molar-refractivity contribution in [3.63, 3.8) is 0 Å². The van der Waals surface area contributed by atoms with Crippen LogP contribution >= 0.6 is 0 Å². The van der Waals surface area contributed by atoms with Crippen LogP contribution in [0.1, 0.15) is 55.3 Å². The molecule has 2 heterocycles. The van der Waals surface area contributed by atoms with E-state index in [1.165, 1.54) is 0 Å². The van der Waals surface area contributed by atoms with E-state index < -0.39 is 6.09 Å². The van der Waals surface area contributed by atoms with Gasteiger partial charge in [0.25, 0.3) is 5.91 Å². The fourth-order valence-corrected chi connectivity index (χ4v) is 5.25. The average molecular weight is 467 g/mol. The lowest BCUT2D eigenvalue weighted by molar-refractivity contribution is -0.108. The summed E-state index contributed by atoms with van der Waals surface area (Å²) in [7, 11) is 0. The van der Waals surface area contributed by atoms with E-state index in [1.807, 2.05) is 30.3 Å². The van der Waals surface area contributed by atoms with Crippen molar-refractivity contribution < 1.29 is 19.5 Å². The van der Waals surface area contributed by atoms with Crippen LogP contribution in [0.3, 0.4) is 0 Å². The topological polar surface area (TPSA) is 112 Å². The monoisotopic (exact) mass is 466 g/mol. The Hall–Kier alpha value is -3.16. The maximum absolute atomic E-state index is 13.2. The van der Waals surface area contributed by atoms with Gasteiger partial charge >= 0.3 is 6.09 Å². The quantitative estimate of drug-likeness (QED) is 0.510. The lowest BCUT2D eigenvalue weighted by Crippen LogP contribution is -2.35. The van der Waals surface area contributed by atoms with Crippen LogP contribution in [0.4, 0.5) is 10.6 Å². The SMILES string of the molecule is O=CCC1CCN(c2cc(C(=O)NC[C@H]3CC[C@H](CNC(=O)O)CC3)c3ccccc3n2)CC1. The molecule has 1 saturated carbocycles. The molecule has 4 rings (SSSR count). The molecule has 34 heavy (non-hydrogen) atoms. The Morgan fingerprint density at radius 2 is 1.62 bits per heavy atom. The lowest BCUT2D eigenvalue weighted by Gasteiger charge is -2.32. The normalized spacial score (nSPS) is 21.2. The molecule has 0 atom stereocenters. The van der Waals surface area contributed by atoms with Gasteiger partial charge in [-0.15, -0.1) is 0 Å². The van der Waals surface area contributed by atoms with Crippen molar-refractivity contribution in [2.24, 2.45) is 17.8 Å². The maximum Gasteiger partial charge on any atom is 0.404 e. The van der Waals surface area contributed by atoms with Crippen molar-refractivity contribution in [2.45, 2.75) is 44.9 Å². The van der Waals surface area contributed by atoms with Gasteiger partial charge in [0.1, 0.15) is 12.1 Å². The van der Waals surface area contributed by atoms with Crippen molar-refractivity contribution in [3.8, 4) is 0 Å². The molecule has 1 aromatic carbocycles. The van der Waals surface area contributed by atoms with Crippen LogP contribution < -0.4 is 15.5 Å². The summed E-state index contributed by atoms with van der Waals surface area (Å²) in [4.78, 5) is 41.8. The lowest BCUT2D eigenvalue weighted by atomic mass is 9.82. The van der Waals surface area contributed by atoms with Gasteiger partial charge in [-0.05, 0) is 68.4 Å².